The summed E-state index contributed by atoms with van der Waals surface area (Å²) < 4.78 is 13.9. The molecule has 1 saturated heterocycles. The Morgan fingerprint density at radius 1 is 1.42 bits per heavy atom. The maximum absolute atomic E-state index is 13.9. The highest BCUT2D eigenvalue weighted by Crippen LogP contribution is 2.20. The average Bonchev–Trinajstić information content (AvgIpc) is 2.57. The van der Waals surface area contributed by atoms with Gasteiger partial charge in [0, 0.05) is 18.2 Å². The Balaban J connectivity index is 2.11. The van der Waals surface area contributed by atoms with Crippen LogP contribution in [0.25, 0.3) is 0 Å². The van der Waals surface area contributed by atoms with Crippen LogP contribution in [-0.2, 0) is 6.54 Å². The molecule has 1 unspecified atom stereocenters. The van der Waals surface area contributed by atoms with Crippen molar-refractivity contribution >= 4 is 5.97 Å². The molecule has 1 N–H and O–H groups in total. The highest BCUT2D eigenvalue weighted by atomic mass is 19.1. The van der Waals surface area contributed by atoms with Gasteiger partial charge in [0.05, 0.1) is 5.56 Å². The molecule has 0 aromatic heterocycles. The molecule has 2 rings (SSSR count). The fourth-order valence-corrected chi connectivity index (χ4v) is 2.60. The first kappa shape index (κ1) is 14.0. The number of halogens is 1. The second-order valence-electron chi connectivity index (χ2n) is 5.28. The van der Waals surface area contributed by atoms with Gasteiger partial charge >= 0.3 is 5.97 Å². The summed E-state index contributed by atoms with van der Waals surface area (Å²) in [4.78, 5) is 13.1. The molecule has 0 spiro atoms. The fourth-order valence-electron chi connectivity index (χ4n) is 2.60. The maximum Gasteiger partial charge on any atom is 0.335 e. The van der Waals surface area contributed by atoms with Crippen LogP contribution in [0, 0.1) is 5.82 Å². The molecule has 1 aliphatic rings. The lowest BCUT2D eigenvalue weighted by molar-refractivity contribution is 0.0696. The smallest absolute Gasteiger partial charge is 0.335 e. The molecule has 19 heavy (non-hydrogen) atoms. The van der Waals surface area contributed by atoms with Gasteiger partial charge in [0.25, 0.3) is 0 Å². The van der Waals surface area contributed by atoms with Gasteiger partial charge in [0.1, 0.15) is 5.82 Å². The van der Waals surface area contributed by atoms with E-state index in [2.05, 4.69) is 11.8 Å². The van der Waals surface area contributed by atoms with Gasteiger partial charge in [0.15, 0.2) is 0 Å². The van der Waals surface area contributed by atoms with Crippen molar-refractivity contribution < 1.29 is 14.3 Å². The maximum atomic E-state index is 13.9. The number of hydrogen-bond donors (Lipinski definition) is 1. The molecule has 0 saturated carbocycles. The van der Waals surface area contributed by atoms with Crippen molar-refractivity contribution in [3.8, 4) is 0 Å². The zero-order chi connectivity index (χ0) is 13.8. The molecule has 0 radical (unpaired) electrons. The monoisotopic (exact) mass is 265 g/mol. The van der Waals surface area contributed by atoms with Gasteiger partial charge in [-0.1, -0.05) is 18.9 Å². The Bertz CT molecular complexity index is 461. The van der Waals surface area contributed by atoms with Crippen LogP contribution in [0.2, 0.25) is 0 Å². The number of aromatic carboxylic acids is 1. The van der Waals surface area contributed by atoms with E-state index in [1.165, 1.54) is 18.9 Å². The summed E-state index contributed by atoms with van der Waals surface area (Å²) in [7, 11) is 0. The quantitative estimate of drug-likeness (QED) is 0.911. The first-order chi connectivity index (χ1) is 9.08. The molecule has 0 aliphatic carbocycles. The molecule has 3 nitrogen and oxygen atoms in total. The Morgan fingerprint density at radius 2 is 2.21 bits per heavy atom. The van der Waals surface area contributed by atoms with Crippen molar-refractivity contribution in [2.24, 2.45) is 0 Å². The van der Waals surface area contributed by atoms with E-state index in [4.69, 9.17) is 5.11 Å². The standard InChI is InChI=1S/C15H20FNO2/c1-11-5-3-2-4-8-17(11)10-13-7-6-12(15(18)19)9-14(13)16/h6-7,9,11H,2-5,8,10H2,1H3,(H,18,19). The van der Waals surface area contributed by atoms with Crippen LogP contribution in [-0.4, -0.2) is 28.6 Å². The van der Waals surface area contributed by atoms with E-state index in [1.54, 1.807) is 6.07 Å². The molecular weight excluding hydrogens is 245 g/mol. The number of carboxylic acid groups (broad SMARTS) is 1. The second kappa shape index (κ2) is 6.15. The van der Waals surface area contributed by atoms with Crippen LogP contribution in [0.1, 0.15) is 48.5 Å². The van der Waals surface area contributed by atoms with E-state index < -0.39 is 11.8 Å². The van der Waals surface area contributed by atoms with Gasteiger partial charge in [-0.15, -0.1) is 0 Å². The predicted molar refractivity (Wildman–Crippen MR) is 71.7 cm³/mol. The minimum Gasteiger partial charge on any atom is -0.478 e. The van der Waals surface area contributed by atoms with Crippen LogP contribution in [0.4, 0.5) is 4.39 Å². The molecule has 1 aromatic rings. The first-order valence-electron chi connectivity index (χ1n) is 6.83. The molecule has 1 aromatic carbocycles. The van der Waals surface area contributed by atoms with Gasteiger partial charge in [-0.05, 0) is 38.4 Å². The van der Waals surface area contributed by atoms with Gasteiger partial charge in [-0.25, -0.2) is 9.18 Å². The Morgan fingerprint density at radius 3 is 2.89 bits per heavy atom. The number of rotatable bonds is 3. The number of carbonyl (C=O) groups is 1. The summed E-state index contributed by atoms with van der Waals surface area (Å²) in [6.07, 6.45) is 4.77. The third-order valence-electron chi connectivity index (χ3n) is 3.86. The third kappa shape index (κ3) is 3.53. The van der Waals surface area contributed by atoms with Crippen LogP contribution in [0.5, 0.6) is 0 Å². The van der Waals surface area contributed by atoms with Crippen molar-refractivity contribution in [2.75, 3.05) is 6.54 Å². The Hall–Kier alpha value is -1.42. The van der Waals surface area contributed by atoms with Gasteiger partial charge in [-0.3, -0.25) is 4.90 Å². The summed E-state index contributed by atoms with van der Waals surface area (Å²) in [6, 6.07) is 4.64. The summed E-state index contributed by atoms with van der Waals surface area (Å²) in [5.41, 5.74) is 0.587. The molecule has 104 valence electrons. The summed E-state index contributed by atoms with van der Waals surface area (Å²) in [5.74, 6) is -1.51. The van der Waals surface area contributed by atoms with Crippen molar-refractivity contribution in [3.05, 3.63) is 35.1 Å². The minimum atomic E-state index is -1.09. The highest BCUT2D eigenvalue weighted by Gasteiger charge is 2.18. The molecular formula is C15H20FNO2. The molecule has 4 heteroatoms. The van der Waals surface area contributed by atoms with Gasteiger partial charge in [0.2, 0.25) is 0 Å². The molecule has 0 bridgehead atoms. The van der Waals surface area contributed by atoms with Crippen LogP contribution >= 0.6 is 0 Å². The van der Waals surface area contributed by atoms with E-state index >= 15 is 0 Å². The molecule has 0 amide bonds. The van der Waals surface area contributed by atoms with Gasteiger partial charge in [-0.2, -0.15) is 0 Å². The molecule has 1 heterocycles. The van der Waals surface area contributed by atoms with Crippen LogP contribution in [0.3, 0.4) is 0 Å². The highest BCUT2D eigenvalue weighted by molar-refractivity contribution is 5.87. The van der Waals surface area contributed by atoms with Crippen molar-refractivity contribution in [1.82, 2.24) is 4.90 Å². The van der Waals surface area contributed by atoms with Crippen LogP contribution < -0.4 is 0 Å². The summed E-state index contributed by atoms with van der Waals surface area (Å²) in [6.45, 7) is 3.73. The number of hydrogen-bond acceptors (Lipinski definition) is 2. The zero-order valence-electron chi connectivity index (χ0n) is 11.2. The number of likely N-dealkylation sites (tertiary alicyclic amines) is 1. The van der Waals surface area contributed by atoms with E-state index in [1.807, 2.05) is 0 Å². The molecule has 1 atom stereocenters. The largest absolute Gasteiger partial charge is 0.478 e. The lowest BCUT2D eigenvalue weighted by atomic mass is 10.1. The first-order valence-corrected chi connectivity index (χ1v) is 6.83. The van der Waals surface area contributed by atoms with Crippen molar-refractivity contribution in [1.29, 1.82) is 0 Å². The van der Waals surface area contributed by atoms with Crippen LogP contribution in [0.15, 0.2) is 18.2 Å². The summed E-state index contributed by atoms with van der Waals surface area (Å²) >= 11 is 0. The molecule has 1 fully saturated rings. The third-order valence-corrected chi connectivity index (χ3v) is 3.86. The topological polar surface area (TPSA) is 40.5 Å². The fraction of sp³-hybridized carbons (Fsp3) is 0.533. The lowest BCUT2D eigenvalue weighted by Crippen LogP contribution is -2.32. The van der Waals surface area contributed by atoms with E-state index in [9.17, 15) is 9.18 Å². The van der Waals surface area contributed by atoms with E-state index in [-0.39, 0.29) is 5.56 Å². The SMILES string of the molecule is CC1CCCCCN1Cc1ccc(C(=O)O)cc1F. The Kier molecular flexibility index (Phi) is 4.53. The number of benzene rings is 1. The van der Waals surface area contributed by atoms with Crippen molar-refractivity contribution in [3.63, 3.8) is 0 Å². The number of nitrogens with zero attached hydrogens (tertiary/aromatic N) is 1. The van der Waals surface area contributed by atoms with Crippen molar-refractivity contribution in [2.45, 2.75) is 45.2 Å². The second-order valence-corrected chi connectivity index (χ2v) is 5.28. The number of carboxylic acids is 1. The normalized spacial score (nSPS) is 21.1. The average molecular weight is 265 g/mol. The van der Waals surface area contributed by atoms with Gasteiger partial charge < -0.3 is 5.11 Å². The minimum absolute atomic E-state index is 0.00478. The lowest BCUT2D eigenvalue weighted by Gasteiger charge is -2.27. The summed E-state index contributed by atoms with van der Waals surface area (Å²) in [5, 5.41) is 8.82. The predicted octanol–water partition coefficient (Wildman–Crippen LogP) is 3.29. The zero-order valence-corrected chi connectivity index (χ0v) is 11.2. The molecule has 1 aliphatic heterocycles. The van der Waals surface area contributed by atoms with E-state index in [0.717, 1.165) is 25.5 Å². The van der Waals surface area contributed by atoms with E-state index in [0.29, 0.717) is 18.2 Å². The Labute approximate surface area is 113 Å².